The average molecular weight is 665 g/mol. The molecule has 0 aromatic heterocycles. The summed E-state index contributed by atoms with van der Waals surface area (Å²) < 4.78 is 22.0. The zero-order valence-electron chi connectivity index (χ0n) is 29.0. The van der Waals surface area contributed by atoms with Gasteiger partial charge in [0.05, 0.1) is 52.8 Å². The van der Waals surface area contributed by atoms with Crippen molar-refractivity contribution >= 4 is 23.2 Å². The van der Waals surface area contributed by atoms with Crippen LogP contribution in [-0.2, 0) is 39.9 Å². The molecule has 0 N–H and O–H groups in total. The van der Waals surface area contributed by atoms with E-state index in [4.69, 9.17) is 18.9 Å². The first-order valence-electron chi connectivity index (χ1n) is 17.3. The number of rotatable bonds is 21. The Morgan fingerprint density at radius 1 is 0.729 bits per heavy atom. The lowest BCUT2D eigenvalue weighted by molar-refractivity contribution is -0.124. The number of benzene rings is 2. The molecule has 2 atom stereocenters. The summed E-state index contributed by atoms with van der Waals surface area (Å²) in [6, 6.07) is 16.0. The maximum absolute atomic E-state index is 13.7. The number of amides is 1. The Balaban J connectivity index is 1.12. The van der Waals surface area contributed by atoms with Crippen LogP contribution in [0.25, 0.3) is 0 Å². The molecule has 0 aliphatic carbocycles. The fourth-order valence-corrected chi connectivity index (χ4v) is 5.88. The van der Waals surface area contributed by atoms with Crippen molar-refractivity contribution in [3.63, 3.8) is 0 Å². The third-order valence-corrected chi connectivity index (χ3v) is 8.56. The van der Waals surface area contributed by atoms with E-state index in [1.54, 1.807) is 0 Å². The first kappa shape index (κ1) is 37.3. The molecule has 2 heterocycles. The van der Waals surface area contributed by atoms with Crippen LogP contribution in [0.1, 0.15) is 88.6 Å². The van der Waals surface area contributed by atoms with Crippen LogP contribution in [0.5, 0.6) is 0 Å². The van der Waals surface area contributed by atoms with Crippen molar-refractivity contribution in [1.82, 2.24) is 5.01 Å². The number of carbonyl (C=O) groups is 3. The van der Waals surface area contributed by atoms with E-state index in [2.05, 4.69) is 41.3 Å². The van der Waals surface area contributed by atoms with Gasteiger partial charge in [0.2, 0.25) is 5.91 Å². The highest BCUT2D eigenvalue weighted by Crippen LogP contribution is 2.48. The monoisotopic (exact) mass is 664 g/mol. The van der Waals surface area contributed by atoms with Crippen LogP contribution in [0.15, 0.2) is 58.9 Å². The second-order valence-corrected chi connectivity index (χ2v) is 12.8. The van der Waals surface area contributed by atoms with Crippen molar-refractivity contribution in [2.75, 3.05) is 57.8 Å². The zero-order chi connectivity index (χ0) is 34.3. The van der Waals surface area contributed by atoms with Crippen molar-refractivity contribution in [3.05, 3.63) is 65.2 Å². The number of ether oxygens (including phenoxy) is 4. The lowest BCUT2D eigenvalue weighted by Crippen LogP contribution is -2.36. The van der Waals surface area contributed by atoms with Gasteiger partial charge in [-0.15, -0.1) is 0 Å². The third-order valence-electron chi connectivity index (χ3n) is 8.56. The highest BCUT2D eigenvalue weighted by atomic mass is 16.6. The van der Waals surface area contributed by atoms with Gasteiger partial charge in [0.15, 0.2) is 0 Å². The molecule has 2 aliphatic heterocycles. The Hall–Kier alpha value is -3.51. The Labute approximate surface area is 284 Å². The Bertz CT molecular complexity index is 1360. The molecule has 2 unspecified atom stereocenters. The smallest absolute Gasteiger partial charge is 0.227 e. The SMILES string of the molecule is CC(C)C(=O)CCOCCOCCOCCOCCCC(=O)CCC(=O)N1Cc2ccccc2C2C(N=NN2C(C)C)c2ccccc21. The van der Waals surface area contributed by atoms with Gasteiger partial charge in [0.1, 0.15) is 23.7 Å². The number of para-hydroxylation sites is 1. The highest BCUT2D eigenvalue weighted by molar-refractivity contribution is 5.96. The summed E-state index contributed by atoms with van der Waals surface area (Å²) in [6.07, 6.45) is 1.73. The number of hydrogen-bond acceptors (Lipinski definition) is 10. The lowest BCUT2D eigenvalue weighted by atomic mass is 9.87. The maximum Gasteiger partial charge on any atom is 0.227 e. The summed E-state index contributed by atoms with van der Waals surface area (Å²) in [6.45, 7) is 12.0. The predicted octanol–water partition coefficient (Wildman–Crippen LogP) is 6.22. The van der Waals surface area contributed by atoms with Crippen LogP contribution < -0.4 is 4.90 Å². The molecule has 2 aliphatic rings. The van der Waals surface area contributed by atoms with E-state index in [0.717, 1.165) is 22.4 Å². The van der Waals surface area contributed by atoms with Gasteiger partial charge < -0.3 is 23.8 Å². The quantitative estimate of drug-likeness (QED) is 0.144. The van der Waals surface area contributed by atoms with Crippen LogP contribution in [-0.4, -0.2) is 81.4 Å². The summed E-state index contributed by atoms with van der Waals surface area (Å²) in [7, 11) is 0. The van der Waals surface area contributed by atoms with Crippen LogP contribution in [0.4, 0.5) is 5.69 Å². The average Bonchev–Trinajstić information content (AvgIpc) is 3.52. The molecule has 0 bridgehead atoms. The summed E-state index contributed by atoms with van der Waals surface area (Å²) >= 11 is 0. The molecule has 11 nitrogen and oxygen atoms in total. The van der Waals surface area contributed by atoms with Gasteiger partial charge in [-0.2, -0.15) is 5.11 Å². The van der Waals surface area contributed by atoms with Gasteiger partial charge in [0.25, 0.3) is 0 Å². The van der Waals surface area contributed by atoms with Crippen molar-refractivity contribution in [3.8, 4) is 0 Å². The normalized spacial score (nSPS) is 16.9. The second kappa shape index (κ2) is 19.5. The molecule has 0 saturated carbocycles. The van der Waals surface area contributed by atoms with Gasteiger partial charge in [-0.05, 0) is 37.5 Å². The molecule has 0 spiro atoms. The van der Waals surface area contributed by atoms with Crippen molar-refractivity contribution in [2.24, 2.45) is 16.3 Å². The maximum atomic E-state index is 13.7. The summed E-state index contributed by atoms with van der Waals surface area (Å²) in [4.78, 5) is 39.7. The molecule has 2 aromatic carbocycles. The van der Waals surface area contributed by atoms with Gasteiger partial charge in [-0.25, -0.2) is 0 Å². The minimum Gasteiger partial charge on any atom is -0.379 e. The van der Waals surface area contributed by atoms with E-state index < -0.39 is 0 Å². The van der Waals surface area contributed by atoms with Crippen molar-refractivity contribution < 1.29 is 33.3 Å². The fraction of sp³-hybridized carbons (Fsp3) is 0.595. The van der Waals surface area contributed by atoms with E-state index in [-0.39, 0.29) is 54.4 Å². The minimum atomic E-state index is -0.232. The van der Waals surface area contributed by atoms with Crippen LogP contribution in [0, 0.1) is 5.92 Å². The molecule has 0 radical (unpaired) electrons. The molecule has 11 heteroatoms. The highest BCUT2D eigenvalue weighted by Gasteiger charge is 2.41. The Morgan fingerprint density at radius 2 is 1.33 bits per heavy atom. The van der Waals surface area contributed by atoms with Gasteiger partial charge in [0, 0.05) is 55.5 Å². The number of ketones is 2. The molecule has 0 saturated heterocycles. The fourth-order valence-electron chi connectivity index (χ4n) is 5.88. The molecular formula is C37H52N4O7. The predicted molar refractivity (Wildman–Crippen MR) is 183 cm³/mol. The standard InChI is InChI=1S/C37H52N4O7/c1-27(2)34(43)17-19-46-21-23-48-25-24-47-22-20-45-18-9-11-30(42)15-16-35(44)40-26-29-10-5-6-12-31(29)37-36(38-39-41(37)28(3)4)32-13-7-8-14-33(32)40/h5-8,10,12-14,27-28,36-37H,9,11,15-26H2,1-4H3. The Kier molecular flexibility index (Phi) is 15.1. The largest absolute Gasteiger partial charge is 0.379 e. The number of nitrogens with zero attached hydrogens (tertiary/aromatic N) is 4. The van der Waals surface area contributed by atoms with Crippen molar-refractivity contribution in [2.45, 2.75) is 84.5 Å². The first-order valence-corrected chi connectivity index (χ1v) is 17.3. The summed E-state index contributed by atoms with van der Waals surface area (Å²) in [5.41, 5.74) is 3.98. The summed E-state index contributed by atoms with van der Waals surface area (Å²) in [5, 5.41) is 11.3. The van der Waals surface area contributed by atoms with E-state index in [1.165, 1.54) is 0 Å². The topological polar surface area (TPSA) is 119 Å². The van der Waals surface area contributed by atoms with E-state index in [0.29, 0.717) is 78.7 Å². The number of Topliss-reactive ketones (excluding diaryl/α,β-unsaturated/α-hetero) is 2. The number of fused-ring (bicyclic) bond motifs is 5. The molecule has 0 fully saturated rings. The minimum absolute atomic E-state index is 0.0424. The van der Waals surface area contributed by atoms with Gasteiger partial charge in [-0.1, -0.05) is 61.5 Å². The van der Waals surface area contributed by atoms with Crippen LogP contribution in [0.2, 0.25) is 0 Å². The molecule has 48 heavy (non-hydrogen) atoms. The van der Waals surface area contributed by atoms with Gasteiger partial charge in [-0.3, -0.25) is 19.4 Å². The van der Waals surface area contributed by atoms with E-state index in [1.807, 2.05) is 55.1 Å². The van der Waals surface area contributed by atoms with Crippen molar-refractivity contribution in [1.29, 1.82) is 0 Å². The van der Waals surface area contributed by atoms with Gasteiger partial charge >= 0.3 is 0 Å². The summed E-state index contributed by atoms with van der Waals surface area (Å²) in [5.74, 6) is 0.218. The van der Waals surface area contributed by atoms with E-state index in [9.17, 15) is 14.4 Å². The number of anilines is 1. The van der Waals surface area contributed by atoms with Crippen LogP contribution >= 0.6 is 0 Å². The third kappa shape index (κ3) is 10.7. The molecule has 4 rings (SSSR count). The number of hydrogen-bond donors (Lipinski definition) is 0. The number of carbonyl (C=O) groups excluding carboxylic acids is 3. The van der Waals surface area contributed by atoms with E-state index >= 15 is 0 Å². The molecular weight excluding hydrogens is 612 g/mol. The second-order valence-electron chi connectivity index (χ2n) is 12.8. The lowest BCUT2D eigenvalue weighted by Gasteiger charge is -2.36. The first-order chi connectivity index (χ1) is 23.3. The molecule has 262 valence electrons. The molecule has 2 aromatic rings. The molecule has 1 amide bonds. The Morgan fingerprint density at radius 3 is 2.00 bits per heavy atom. The van der Waals surface area contributed by atoms with Crippen LogP contribution in [0.3, 0.4) is 0 Å². The zero-order valence-corrected chi connectivity index (χ0v) is 29.0.